The number of anilines is 1. The molecule has 10 nitrogen and oxygen atoms in total. The zero-order valence-corrected chi connectivity index (χ0v) is 25.4. The molecule has 2 aromatic carbocycles. The molecule has 238 valence electrons. The molecular weight excluding hydrogens is 584 g/mol. The number of aromatic nitrogens is 3. The van der Waals surface area contributed by atoms with E-state index < -0.39 is 17.2 Å². The first kappa shape index (κ1) is 29.8. The maximum atomic E-state index is 16.9. The number of ether oxygens (including phenoxy) is 3. The lowest BCUT2D eigenvalue weighted by Crippen LogP contribution is -2.49. The normalized spacial score (nSPS) is 25.4. The van der Waals surface area contributed by atoms with E-state index in [9.17, 15) is 10.2 Å². The van der Waals surface area contributed by atoms with Gasteiger partial charge in [-0.25, -0.2) is 13.8 Å². The molecule has 3 fully saturated rings. The summed E-state index contributed by atoms with van der Waals surface area (Å²) < 4.78 is 49.8. The molecule has 0 amide bonds. The van der Waals surface area contributed by atoms with Gasteiger partial charge in [0.05, 0.1) is 33.5 Å². The third-order valence-electron chi connectivity index (χ3n) is 9.46. The summed E-state index contributed by atoms with van der Waals surface area (Å²) in [5.41, 5.74) is -1.59. The molecule has 3 N–H and O–H groups in total. The van der Waals surface area contributed by atoms with Gasteiger partial charge in [-0.1, -0.05) is 18.6 Å². The predicted octanol–water partition coefficient (Wildman–Crippen LogP) is 4.73. The third kappa shape index (κ3) is 5.38. The van der Waals surface area contributed by atoms with Gasteiger partial charge in [-0.15, -0.1) is 0 Å². The lowest BCUT2D eigenvalue weighted by Gasteiger charge is -2.39. The number of phenolic OH excluding ortho intramolecular Hbond substituents is 1. The summed E-state index contributed by atoms with van der Waals surface area (Å²) in [6.45, 7) is 3.93. The summed E-state index contributed by atoms with van der Waals surface area (Å²) in [5, 5.41) is 25.8. The van der Waals surface area contributed by atoms with Crippen LogP contribution in [0.2, 0.25) is 0 Å². The number of methoxy groups -OCH3 is 1. The average molecular weight is 622 g/mol. The van der Waals surface area contributed by atoms with Crippen LogP contribution >= 0.6 is 0 Å². The van der Waals surface area contributed by atoms with Gasteiger partial charge in [-0.05, 0) is 62.7 Å². The van der Waals surface area contributed by atoms with Gasteiger partial charge < -0.3 is 34.6 Å². The first-order chi connectivity index (χ1) is 21.7. The molecule has 2 aliphatic heterocycles. The zero-order chi connectivity index (χ0) is 31.3. The molecule has 3 aliphatic rings. The van der Waals surface area contributed by atoms with E-state index in [-0.39, 0.29) is 69.6 Å². The van der Waals surface area contributed by atoms with E-state index in [2.05, 4.69) is 15.3 Å². The van der Waals surface area contributed by atoms with Crippen LogP contribution < -0.4 is 19.7 Å². The number of phenols is 1. The Morgan fingerprint density at radius 2 is 1.98 bits per heavy atom. The number of hydrogen-bond acceptors (Lipinski definition) is 10. The van der Waals surface area contributed by atoms with Crippen molar-refractivity contribution < 1.29 is 33.2 Å². The number of rotatable bonds is 6. The molecule has 45 heavy (non-hydrogen) atoms. The fraction of sp³-hybridized carbons (Fsp3) is 0.485. The van der Waals surface area contributed by atoms with Crippen molar-refractivity contribution in [1.29, 1.82) is 0 Å². The van der Waals surface area contributed by atoms with E-state index in [1.807, 2.05) is 0 Å². The summed E-state index contributed by atoms with van der Waals surface area (Å²) in [5.74, 6) is -1.32. The largest absolute Gasteiger partial charge is 0.508 e. The van der Waals surface area contributed by atoms with Crippen LogP contribution in [0.4, 0.5) is 14.6 Å². The SMILES string of the molecule is COc1nc(-c2cc(O)cc3cccc(F)c23)c(F)c2nc(OC[C@@]34CCCN[C@@H]3CCC4)nc(N3CCOC[C@@](C)(O)C3)c12. The number of β-amino-alcohol motifs (C(OH)–C–C–N with tert-alkyl or cyclic N) is 1. The standard InChI is InChI=1S/C33H37F2N5O5/c1-32(42)16-40(12-13-44-17-32)29-25-28(38-31(39-29)45-18-33-9-4-8-23(33)36-11-5-10-33)26(35)27(37-30(25)43-2)21-15-20(41)14-19-6-3-7-22(34)24(19)21/h3,6-7,14-15,23,36,41-42H,4-5,8-13,16-18H2,1-2H3/t23-,32+,33-/m1/s1. The van der Waals surface area contributed by atoms with Gasteiger partial charge in [-0.2, -0.15) is 9.97 Å². The molecule has 1 aliphatic carbocycles. The zero-order valence-electron chi connectivity index (χ0n) is 25.4. The van der Waals surface area contributed by atoms with Crippen LogP contribution in [0.5, 0.6) is 17.6 Å². The summed E-state index contributed by atoms with van der Waals surface area (Å²) in [7, 11) is 1.40. The van der Waals surface area contributed by atoms with Gasteiger partial charge in [0, 0.05) is 29.0 Å². The lowest BCUT2D eigenvalue weighted by molar-refractivity contribution is -0.0123. The predicted molar refractivity (Wildman–Crippen MR) is 165 cm³/mol. The van der Waals surface area contributed by atoms with Crippen molar-refractivity contribution in [2.24, 2.45) is 5.41 Å². The van der Waals surface area contributed by atoms with Crippen LogP contribution in [-0.4, -0.2) is 83.4 Å². The number of hydrogen-bond donors (Lipinski definition) is 3. The van der Waals surface area contributed by atoms with E-state index in [1.165, 1.54) is 31.4 Å². The number of halogens is 2. The van der Waals surface area contributed by atoms with Gasteiger partial charge in [-0.3, -0.25) is 0 Å². The lowest BCUT2D eigenvalue weighted by atomic mass is 9.76. The molecule has 2 aromatic heterocycles. The maximum absolute atomic E-state index is 16.9. The Morgan fingerprint density at radius 1 is 1.13 bits per heavy atom. The summed E-state index contributed by atoms with van der Waals surface area (Å²) in [6, 6.07) is 7.43. The molecule has 4 heterocycles. The highest BCUT2D eigenvalue weighted by Crippen LogP contribution is 2.45. The van der Waals surface area contributed by atoms with Crippen LogP contribution in [0.3, 0.4) is 0 Å². The van der Waals surface area contributed by atoms with Crippen LogP contribution in [-0.2, 0) is 4.74 Å². The summed E-state index contributed by atoms with van der Waals surface area (Å²) >= 11 is 0. The topological polar surface area (TPSA) is 122 Å². The van der Waals surface area contributed by atoms with E-state index in [1.54, 1.807) is 17.9 Å². The quantitative estimate of drug-likeness (QED) is 0.279. The fourth-order valence-corrected chi connectivity index (χ4v) is 7.39. The minimum Gasteiger partial charge on any atom is -0.508 e. The molecule has 0 spiro atoms. The van der Waals surface area contributed by atoms with E-state index in [0.717, 1.165) is 38.6 Å². The summed E-state index contributed by atoms with van der Waals surface area (Å²) in [4.78, 5) is 15.7. The van der Waals surface area contributed by atoms with Gasteiger partial charge in [0.15, 0.2) is 5.82 Å². The third-order valence-corrected chi connectivity index (χ3v) is 9.46. The number of pyridine rings is 1. The van der Waals surface area contributed by atoms with E-state index >= 15 is 8.78 Å². The number of benzene rings is 2. The first-order valence-corrected chi connectivity index (χ1v) is 15.5. The van der Waals surface area contributed by atoms with Gasteiger partial charge in [0.2, 0.25) is 5.88 Å². The van der Waals surface area contributed by atoms with Gasteiger partial charge >= 0.3 is 6.01 Å². The number of fused-ring (bicyclic) bond motifs is 3. The van der Waals surface area contributed by atoms with Crippen LogP contribution in [0, 0.1) is 17.0 Å². The van der Waals surface area contributed by atoms with Crippen molar-refractivity contribution in [3.63, 3.8) is 0 Å². The molecule has 7 rings (SSSR count). The Kier molecular flexibility index (Phi) is 7.61. The van der Waals surface area contributed by atoms with Gasteiger partial charge in [0.1, 0.15) is 39.6 Å². The monoisotopic (exact) mass is 621 g/mol. The van der Waals surface area contributed by atoms with Crippen molar-refractivity contribution in [3.8, 4) is 28.9 Å². The van der Waals surface area contributed by atoms with Crippen LogP contribution in [0.25, 0.3) is 32.9 Å². The van der Waals surface area contributed by atoms with E-state index in [0.29, 0.717) is 31.2 Å². The fourth-order valence-electron chi connectivity index (χ4n) is 7.39. The average Bonchev–Trinajstić information content (AvgIpc) is 3.36. The van der Waals surface area contributed by atoms with Crippen molar-refractivity contribution in [1.82, 2.24) is 20.3 Å². The second-order valence-corrected chi connectivity index (χ2v) is 12.8. The molecule has 0 unspecified atom stereocenters. The molecule has 0 radical (unpaired) electrons. The highest BCUT2D eigenvalue weighted by atomic mass is 19.1. The molecule has 1 saturated carbocycles. The number of piperidine rings is 1. The number of aliphatic hydroxyl groups is 1. The highest BCUT2D eigenvalue weighted by Gasteiger charge is 2.45. The smallest absolute Gasteiger partial charge is 0.319 e. The molecule has 12 heteroatoms. The Labute approximate surface area is 259 Å². The number of aromatic hydroxyl groups is 1. The van der Waals surface area contributed by atoms with Crippen molar-refractivity contribution in [2.45, 2.75) is 50.7 Å². The minimum atomic E-state index is -1.21. The Bertz CT molecular complexity index is 1770. The summed E-state index contributed by atoms with van der Waals surface area (Å²) in [6.07, 6.45) is 5.25. The number of nitrogens with zero attached hydrogens (tertiary/aromatic N) is 4. The van der Waals surface area contributed by atoms with Crippen LogP contribution in [0.1, 0.15) is 39.0 Å². The van der Waals surface area contributed by atoms with Crippen molar-refractivity contribution in [3.05, 3.63) is 42.0 Å². The second-order valence-electron chi connectivity index (χ2n) is 12.8. The minimum absolute atomic E-state index is 0.00604. The molecule has 2 saturated heterocycles. The van der Waals surface area contributed by atoms with Crippen LogP contribution in [0.15, 0.2) is 30.3 Å². The molecule has 3 atom stereocenters. The molecule has 0 bridgehead atoms. The first-order valence-electron chi connectivity index (χ1n) is 15.5. The van der Waals surface area contributed by atoms with Crippen molar-refractivity contribution in [2.75, 3.05) is 51.5 Å². The Hall–Kier alpha value is -3.87. The Morgan fingerprint density at radius 3 is 2.82 bits per heavy atom. The van der Waals surface area contributed by atoms with Crippen molar-refractivity contribution >= 4 is 27.5 Å². The maximum Gasteiger partial charge on any atom is 0.319 e. The van der Waals surface area contributed by atoms with E-state index in [4.69, 9.17) is 19.2 Å². The Balaban J connectivity index is 1.42. The second kappa shape index (κ2) is 11.5. The highest BCUT2D eigenvalue weighted by molar-refractivity contribution is 6.02. The number of nitrogens with one attached hydrogen (secondary N) is 1. The molecule has 4 aromatic rings. The van der Waals surface area contributed by atoms with Gasteiger partial charge in [0.25, 0.3) is 0 Å². The molecular formula is C33H37F2N5O5.